The number of amides is 2. The summed E-state index contributed by atoms with van der Waals surface area (Å²) < 4.78 is 34.6. The zero-order valence-corrected chi connectivity index (χ0v) is 22.6. The molecule has 0 bridgehead atoms. The average Bonchev–Trinajstić information content (AvgIpc) is 3.54. The van der Waals surface area contributed by atoms with Crippen LogP contribution in [-0.4, -0.2) is 53.1 Å². The van der Waals surface area contributed by atoms with E-state index in [-0.39, 0.29) is 6.10 Å². The second-order valence-corrected chi connectivity index (χ2v) is 10.9. The molecule has 1 aromatic carbocycles. The van der Waals surface area contributed by atoms with Crippen molar-refractivity contribution in [2.45, 2.75) is 83.5 Å². The number of pyridine rings is 1. The smallest absolute Gasteiger partial charge is 0.408 e. The Kier molecular flexibility index (Phi) is 8.27. The first-order chi connectivity index (χ1) is 17.3. The normalized spacial score (nSPS) is 20.4. The fourth-order valence-electron chi connectivity index (χ4n) is 4.39. The van der Waals surface area contributed by atoms with Crippen LogP contribution in [0, 0.1) is 0 Å². The van der Waals surface area contributed by atoms with Gasteiger partial charge < -0.3 is 19.7 Å². The lowest BCUT2D eigenvalue weighted by atomic mass is 10.0. The zero-order valence-electron chi connectivity index (χ0n) is 22.6. The Hall–Kier alpha value is -3.07. The van der Waals surface area contributed by atoms with Gasteiger partial charge in [-0.05, 0) is 71.6 Å². The lowest BCUT2D eigenvalue weighted by Crippen LogP contribution is -2.46. The van der Waals surface area contributed by atoms with Crippen molar-refractivity contribution in [3.05, 3.63) is 53.9 Å². The van der Waals surface area contributed by atoms with Gasteiger partial charge in [0.25, 0.3) is 5.91 Å². The number of hydrogen-bond donors (Lipinski definition) is 1. The molecule has 4 rings (SSSR count). The fourth-order valence-corrected chi connectivity index (χ4v) is 4.39. The third-order valence-electron chi connectivity index (χ3n) is 6.40. The lowest BCUT2D eigenvalue weighted by Gasteiger charge is -2.30. The molecule has 2 atom stereocenters. The Balaban J connectivity index is 0.00000186. The van der Waals surface area contributed by atoms with Crippen LogP contribution < -0.4 is 5.32 Å². The molecule has 2 heterocycles. The zero-order chi connectivity index (χ0) is 27.6. The maximum atomic E-state index is 13.6. The van der Waals surface area contributed by atoms with Crippen molar-refractivity contribution in [1.29, 1.82) is 0 Å². The molecule has 1 N–H and O–H groups in total. The van der Waals surface area contributed by atoms with E-state index in [1.807, 2.05) is 57.2 Å². The van der Waals surface area contributed by atoms with E-state index >= 15 is 0 Å². The summed E-state index contributed by atoms with van der Waals surface area (Å²) in [6.07, 6.45) is 1.13. The predicted octanol–water partition coefficient (Wildman–Crippen LogP) is 5.84. The van der Waals surface area contributed by atoms with Crippen LogP contribution in [0.2, 0.25) is 0 Å². The quantitative estimate of drug-likeness (QED) is 0.539. The Morgan fingerprint density at radius 2 is 1.70 bits per heavy atom. The minimum atomic E-state index is -1.57. The molecular formula is C28H37F2N3O4. The van der Waals surface area contributed by atoms with Crippen LogP contribution in [0.3, 0.4) is 0 Å². The summed E-state index contributed by atoms with van der Waals surface area (Å²) in [4.78, 5) is 30.6. The standard InChI is InChI=1S/C27H34FN3O4.CH3F/c1-17(28)23(32)31-16-21(34-26(31,5)6)19-9-7-18(8-10-19)20-11-12-22(29-15-20)27(13-14-27)30-24(33)35-25(2,3)4;1-2/h7-12,15,17,21H,13-14,16H2,1-6H3,(H,30,33);1H3. The van der Waals surface area contributed by atoms with Gasteiger partial charge in [-0.15, -0.1) is 0 Å². The van der Waals surface area contributed by atoms with Crippen LogP contribution in [-0.2, 0) is 19.8 Å². The molecule has 2 amide bonds. The highest BCUT2D eigenvalue weighted by Gasteiger charge is 2.48. The number of carbonyl (C=O) groups excluding carboxylic acids is 2. The third-order valence-corrected chi connectivity index (χ3v) is 6.40. The Morgan fingerprint density at radius 3 is 2.19 bits per heavy atom. The van der Waals surface area contributed by atoms with E-state index in [4.69, 9.17) is 9.47 Å². The second-order valence-electron chi connectivity index (χ2n) is 10.9. The van der Waals surface area contributed by atoms with Crippen molar-refractivity contribution in [3.63, 3.8) is 0 Å². The van der Waals surface area contributed by atoms with Crippen LogP contribution in [0.4, 0.5) is 13.6 Å². The van der Waals surface area contributed by atoms with E-state index < -0.39 is 35.0 Å². The van der Waals surface area contributed by atoms with E-state index in [0.717, 1.165) is 35.2 Å². The molecule has 9 heteroatoms. The first kappa shape index (κ1) is 28.5. The number of carbonyl (C=O) groups is 2. The Morgan fingerprint density at radius 1 is 1.11 bits per heavy atom. The number of ether oxygens (including phenoxy) is 2. The van der Waals surface area contributed by atoms with Crippen molar-refractivity contribution in [2.75, 3.05) is 13.7 Å². The molecule has 202 valence electrons. The summed E-state index contributed by atoms with van der Waals surface area (Å²) >= 11 is 0. The van der Waals surface area contributed by atoms with E-state index in [0.29, 0.717) is 13.7 Å². The average molecular weight is 518 g/mol. The first-order valence-corrected chi connectivity index (χ1v) is 12.4. The highest BCUT2D eigenvalue weighted by molar-refractivity contribution is 5.81. The van der Waals surface area contributed by atoms with Gasteiger partial charge >= 0.3 is 6.09 Å². The number of nitrogens with one attached hydrogen (secondary N) is 1. The SMILES string of the molecule is CC(F)C(=O)N1CC(c2ccc(-c3ccc(C4(NC(=O)OC(C)(C)C)CC4)nc3)cc2)OC1(C)C.CF. The molecule has 2 aromatic rings. The number of halogens is 2. The molecule has 2 fully saturated rings. The monoisotopic (exact) mass is 517 g/mol. The van der Waals surface area contributed by atoms with Crippen LogP contribution in [0.1, 0.15) is 71.7 Å². The fraction of sp³-hybridized carbons (Fsp3) is 0.536. The molecular weight excluding hydrogens is 480 g/mol. The van der Waals surface area contributed by atoms with Gasteiger partial charge in [0.2, 0.25) is 0 Å². The highest BCUT2D eigenvalue weighted by Crippen LogP contribution is 2.45. The summed E-state index contributed by atoms with van der Waals surface area (Å²) in [6.45, 7) is 10.6. The van der Waals surface area contributed by atoms with Crippen LogP contribution in [0.15, 0.2) is 42.6 Å². The number of aromatic nitrogens is 1. The van der Waals surface area contributed by atoms with Gasteiger partial charge in [0.1, 0.15) is 17.4 Å². The largest absolute Gasteiger partial charge is 0.444 e. The lowest BCUT2D eigenvalue weighted by molar-refractivity contribution is -0.150. The second kappa shape index (κ2) is 10.7. The van der Waals surface area contributed by atoms with E-state index in [1.165, 1.54) is 11.8 Å². The number of benzene rings is 1. The molecule has 1 saturated carbocycles. The molecule has 1 aliphatic carbocycles. The molecule has 0 radical (unpaired) electrons. The molecule has 0 spiro atoms. The molecule has 1 aromatic heterocycles. The summed E-state index contributed by atoms with van der Waals surface area (Å²) in [7, 11) is 0.500. The van der Waals surface area contributed by atoms with Gasteiger partial charge in [-0.25, -0.2) is 9.18 Å². The summed E-state index contributed by atoms with van der Waals surface area (Å²) in [5.74, 6) is -0.560. The first-order valence-electron chi connectivity index (χ1n) is 12.4. The molecule has 37 heavy (non-hydrogen) atoms. The maximum Gasteiger partial charge on any atom is 0.408 e. The predicted molar refractivity (Wildman–Crippen MR) is 137 cm³/mol. The van der Waals surface area contributed by atoms with Crippen molar-refractivity contribution >= 4 is 12.0 Å². The molecule has 2 aliphatic rings. The van der Waals surface area contributed by atoms with Crippen molar-refractivity contribution in [3.8, 4) is 11.1 Å². The van der Waals surface area contributed by atoms with Gasteiger partial charge in [-0.3, -0.25) is 14.2 Å². The Bertz CT molecular complexity index is 1090. The number of hydrogen-bond acceptors (Lipinski definition) is 5. The van der Waals surface area contributed by atoms with Crippen molar-refractivity contribution in [1.82, 2.24) is 15.2 Å². The summed E-state index contributed by atoms with van der Waals surface area (Å²) in [5, 5.41) is 2.97. The number of alkyl carbamates (subject to hydrolysis) is 1. The van der Waals surface area contributed by atoms with E-state index in [9.17, 15) is 18.4 Å². The van der Waals surface area contributed by atoms with E-state index in [1.54, 1.807) is 20.0 Å². The van der Waals surface area contributed by atoms with E-state index in [2.05, 4.69) is 10.3 Å². The minimum Gasteiger partial charge on any atom is -0.444 e. The van der Waals surface area contributed by atoms with Crippen molar-refractivity contribution in [2.24, 2.45) is 0 Å². The van der Waals surface area contributed by atoms with Crippen LogP contribution in [0.25, 0.3) is 11.1 Å². The molecule has 1 saturated heterocycles. The topological polar surface area (TPSA) is 80.8 Å². The van der Waals surface area contributed by atoms with Gasteiger partial charge in [0, 0.05) is 11.8 Å². The summed E-state index contributed by atoms with van der Waals surface area (Å²) in [5.41, 5.74) is 1.79. The maximum absolute atomic E-state index is 13.6. The molecule has 7 nitrogen and oxygen atoms in total. The number of rotatable bonds is 5. The van der Waals surface area contributed by atoms with Gasteiger partial charge in [0.15, 0.2) is 6.17 Å². The van der Waals surface area contributed by atoms with Crippen LogP contribution in [0.5, 0.6) is 0 Å². The van der Waals surface area contributed by atoms with Crippen LogP contribution >= 0.6 is 0 Å². The van der Waals surface area contributed by atoms with Gasteiger partial charge in [-0.1, -0.05) is 30.3 Å². The summed E-state index contributed by atoms with van der Waals surface area (Å²) in [6, 6.07) is 11.8. The Labute approximate surface area is 217 Å². The number of nitrogens with zero attached hydrogens (tertiary/aromatic N) is 2. The van der Waals surface area contributed by atoms with Crippen molar-refractivity contribution < 1.29 is 27.8 Å². The van der Waals surface area contributed by atoms with Gasteiger partial charge in [0.05, 0.1) is 25.0 Å². The molecule has 2 unspecified atom stereocenters. The van der Waals surface area contributed by atoms with Gasteiger partial charge in [-0.2, -0.15) is 0 Å². The molecule has 1 aliphatic heterocycles. The minimum absolute atomic E-state index is 0.308. The third kappa shape index (κ3) is 6.63. The number of alkyl halides is 2. The highest BCUT2D eigenvalue weighted by atomic mass is 19.1.